The van der Waals surface area contributed by atoms with E-state index in [2.05, 4.69) is 35.8 Å². The van der Waals surface area contributed by atoms with Gasteiger partial charge in [0.1, 0.15) is 5.76 Å². The van der Waals surface area contributed by atoms with Gasteiger partial charge in [-0.05, 0) is 42.7 Å². The van der Waals surface area contributed by atoms with E-state index in [4.69, 9.17) is 4.42 Å². The third kappa shape index (κ3) is 3.65. The van der Waals surface area contributed by atoms with Crippen molar-refractivity contribution in [1.29, 1.82) is 0 Å². The van der Waals surface area contributed by atoms with E-state index in [0.717, 1.165) is 12.3 Å². The molecule has 1 N–H and O–H groups in total. The van der Waals surface area contributed by atoms with Crippen LogP contribution in [0.1, 0.15) is 23.8 Å². The zero-order valence-corrected chi connectivity index (χ0v) is 11.5. The molecule has 96 valence electrons. The second kappa shape index (κ2) is 7.29. The Bertz CT molecular complexity index is 427. The molecular formula is C15H19NOS. The molecule has 1 heterocycles. The Labute approximate surface area is 113 Å². The van der Waals surface area contributed by atoms with Crippen LogP contribution in [0.4, 0.5) is 0 Å². The van der Waals surface area contributed by atoms with E-state index in [9.17, 15) is 0 Å². The van der Waals surface area contributed by atoms with Crippen LogP contribution in [0, 0.1) is 0 Å². The van der Waals surface area contributed by atoms with Gasteiger partial charge in [-0.25, -0.2) is 0 Å². The Morgan fingerprint density at radius 3 is 2.67 bits per heavy atom. The van der Waals surface area contributed by atoms with Gasteiger partial charge in [-0.2, -0.15) is 11.8 Å². The first-order chi connectivity index (χ1) is 8.92. The maximum atomic E-state index is 5.54. The number of benzene rings is 1. The molecule has 0 fully saturated rings. The van der Waals surface area contributed by atoms with Crippen LogP contribution in [0.3, 0.4) is 0 Å². The SMILES string of the molecule is CSCCCNC(c1ccccc1)c1ccco1. The molecule has 2 aromatic rings. The Balaban J connectivity index is 2.05. The third-order valence-corrected chi connectivity index (χ3v) is 3.53. The average molecular weight is 261 g/mol. The van der Waals surface area contributed by atoms with Crippen LogP contribution in [0.5, 0.6) is 0 Å². The van der Waals surface area contributed by atoms with Crippen molar-refractivity contribution in [3.8, 4) is 0 Å². The molecule has 0 saturated heterocycles. The molecule has 0 radical (unpaired) electrons. The van der Waals surface area contributed by atoms with Crippen molar-refractivity contribution in [2.24, 2.45) is 0 Å². The lowest BCUT2D eigenvalue weighted by Gasteiger charge is -2.17. The fourth-order valence-electron chi connectivity index (χ4n) is 1.95. The number of hydrogen-bond donors (Lipinski definition) is 1. The first kappa shape index (κ1) is 13.2. The van der Waals surface area contributed by atoms with Crippen molar-refractivity contribution in [2.45, 2.75) is 12.5 Å². The van der Waals surface area contributed by atoms with E-state index in [0.29, 0.717) is 0 Å². The number of nitrogens with one attached hydrogen (secondary N) is 1. The van der Waals surface area contributed by atoms with Gasteiger partial charge in [0.05, 0.1) is 12.3 Å². The van der Waals surface area contributed by atoms with Gasteiger partial charge in [-0.3, -0.25) is 0 Å². The Hall–Kier alpha value is -1.19. The summed E-state index contributed by atoms with van der Waals surface area (Å²) in [6, 6.07) is 14.6. The van der Waals surface area contributed by atoms with Gasteiger partial charge in [0, 0.05) is 0 Å². The van der Waals surface area contributed by atoms with Crippen molar-refractivity contribution in [3.63, 3.8) is 0 Å². The zero-order chi connectivity index (χ0) is 12.6. The summed E-state index contributed by atoms with van der Waals surface area (Å²) < 4.78 is 5.54. The molecule has 2 rings (SSSR count). The second-order valence-corrected chi connectivity index (χ2v) is 5.15. The highest BCUT2D eigenvalue weighted by Crippen LogP contribution is 2.22. The molecule has 2 nitrogen and oxygen atoms in total. The Kier molecular flexibility index (Phi) is 5.36. The van der Waals surface area contributed by atoms with E-state index in [1.807, 2.05) is 30.0 Å². The Morgan fingerprint density at radius 1 is 1.17 bits per heavy atom. The highest BCUT2D eigenvalue weighted by atomic mass is 32.2. The van der Waals surface area contributed by atoms with Crippen molar-refractivity contribution in [1.82, 2.24) is 5.32 Å². The van der Waals surface area contributed by atoms with Crippen molar-refractivity contribution >= 4 is 11.8 Å². The minimum atomic E-state index is 0.156. The highest BCUT2D eigenvalue weighted by molar-refractivity contribution is 7.98. The zero-order valence-electron chi connectivity index (χ0n) is 10.6. The molecule has 0 saturated carbocycles. The monoisotopic (exact) mass is 261 g/mol. The molecule has 0 aliphatic carbocycles. The molecule has 0 spiro atoms. The fourth-order valence-corrected chi connectivity index (χ4v) is 2.38. The summed E-state index contributed by atoms with van der Waals surface area (Å²) in [4.78, 5) is 0. The van der Waals surface area contributed by atoms with Gasteiger partial charge in [0.2, 0.25) is 0 Å². The first-order valence-electron chi connectivity index (χ1n) is 6.22. The fraction of sp³-hybridized carbons (Fsp3) is 0.333. The Morgan fingerprint density at radius 2 is 2.00 bits per heavy atom. The summed E-state index contributed by atoms with van der Waals surface area (Å²) in [6.07, 6.45) is 5.04. The molecule has 0 amide bonds. The highest BCUT2D eigenvalue weighted by Gasteiger charge is 2.15. The molecule has 0 aliphatic rings. The molecule has 18 heavy (non-hydrogen) atoms. The molecule has 1 unspecified atom stereocenters. The van der Waals surface area contributed by atoms with Crippen molar-refractivity contribution in [3.05, 3.63) is 60.1 Å². The van der Waals surface area contributed by atoms with Crippen LogP contribution in [0.25, 0.3) is 0 Å². The normalized spacial score (nSPS) is 12.5. The summed E-state index contributed by atoms with van der Waals surface area (Å²) in [7, 11) is 0. The van der Waals surface area contributed by atoms with Crippen LogP contribution >= 0.6 is 11.8 Å². The smallest absolute Gasteiger partial charge is 0.125 e. The second-order valence-electron chi connectivity index (χ2n) is 4.16. The van der Waals surface area contributed by atoms with Crippen LogP contribution < -0.4 is 5.32 Å². The van der Waals surface area contributed by atoms with E-state index in [1.165, 1.54) is 17.7 Å². The summed E-state index contributed by atoms with van der Waals surface area (Å²) in [5.41, 5.74) is 1.25. The molecule has 0 bridgehead atoms. The van der Waals surface area contributed by atoms with Gasteiger partial charge in [0.15, 0.2) is 0 Å². The van der Waals surface area contributed by atoms with Gasteiger partial charge >= 0.3 is 0 Å². The number of thioether (sulfide) groups is 1. The molecular weight excluding hydrogens is 242 g/mol. The van der Waals surface area contributed by atoms with Crippen molar-refractivity contribution in [2.75, 3.05) is 18.6 Å². The number of hydrogen-bond acceptors (Lipinski definition) is 3. The molecule has 1 atom stereocenters. The lowest BCUT2D eigenvalue weighted by atomic mass is 10.0. The number of furan rings is 1. The quantitative estimate of drug-likeness (QED) is 0.769. The van der Waals surface area contributed by atoms with Crippen LogP contribution in [0.2, 0.25) is 0 Å². The van der Waals surface area contributed by atoms with Gasteiger partial charge in [-0.15, -0.1) is 0 Å². The van der Waals surface area contributed by atoms with E-state index < -0.39 is 0 Å². The first-order valence-corrected chi connectivity index (χ1v) is 7.62. The van der Waals surface area contributed by atoms with Gasteiger partial charge in [0.25, 0.3) is 0 Å². The maximum Gasteiger partial charge on any atom is 0.125 e. The summed E-state index contributed by atoms with van der Waals surface area (Å²) in [5, 5.41) is 3.57. The minimum absolute atomic E-state index is 0.156. The number of rotatable bonds is 7. The van der Waals surface area contributed by atoms with Gasteiger partial charge in [-0.1, -0.05) is 30.3 Å². The topological polar surface area (TPSA) is 25.2 Å². The minimum Gasteiger partial charge on any atom is -0.467 e. The van der Waals surface area contributed by atoms with E-state index in [1.54, 1.807) is 6.26 Å². The average Bonchev–Trinajstić information content (AvgIpc) is 2.94. The summed E-state index contributed by atoms with van der Waals surface area (Å²) >= 11 is 1.88. The van der Waals surface area contributed by atoms with Crippen LogP contribution in [-0.4, -0.2) is 18.6 Å². The molecule has 3 heteroatoms. The largest absolute Gasteiger partial charge is 0.467 e. The lowest BCUT2D eigenvalue weighted by molar-refractivity contribution is 0.447. The van der Waals surface area contributed by atoms with Crippen molar-refractivity contribution < 1.29 is 4.42 Å². The third-order valence-electron chi connectivity index (χ3n) is 2.83. The van der Waals surface area contributed by atoms with Gasteiger partial charge < -0.3 is 9.73 Å². The van der Waals surface area contributed by atoms with Crippen LogP contribution in [0.15, 0.2) is 53.1 Å². The summed E-state index contributed by atoms with van der Waals surface area (Å²) in [5.74, 6) is 2.16. The molecule has 1 aromatic carbocycles. The molecule has 1 aromatic heterocycles. The summed E-state index contributed by atoms with van der Waals surface area (Å²) in [6.45, 7) is 1.00. The molecule has 0 aliphatic heterocycles. The van der Waals surface area contributed by atoms with E-state index >= 15 is 0 Å². The maximum absolute atomic E-state index is 5.54. The lowest BCUT2D eigenvalue weighted by Crippen LogP contribution is -2.23. The predicted molar refractivity (Wildman–Crippen MR) is 78.0 cm³/mol. The predicted octanol–water partition coefficient (Wildman–Crippen LogP) is 3.71. The standard InChI is InChI=1S/C15H19NOS/c1-18-12-6-10-16-15(14-9-5-11-17-14)13-7-3-2-4-8-13/h2-5,7-9,11,15-16H,6,10,12H2,1H3. The van der Waals surface area contributed by atoms with E-state index in [-0.39, 0.29) is 6.04 Å². The van der Waals surface area contributed by atoms with Crippen LogP contribution in [-0.2, 0) is 0 Å².